The first-order chi connectivity index (χ1) is 9.51. The van der Waals surface area contributed by atoms with Crippen molar-refractivity contribution in [2.45, 2.75) is 64.8 Å². The Balaban J connectivity index is 2.25. The molecule has 0 saturated heterocycles. The number of carboxylic acid groups (broad SMARTS) is 1. The summed E-state index contributed by atoms with van der Waals surface area (Å²) < 4.78 is 0. The molecule has 1 saturated carbocycles. The highest BCUT2D eigenvalue weighted by molar-refractivity contribution is 5.75. The zero-order valence-corrected chi connectivity index (χ0v) is 12.7. The average molecular weight is 284 g/mol. The second-order valence-corrected chi connectivity index (χ2v) is 6.06. The molecule has 0 aliphatic heterocycles. The Labute approximate surface area is 121 Å². The zero-order valence-electron chi connectivity index (χ0n) is 12.7. The van der Waals surface area contributed by atoms with Crippen LogP contribution in [0.25, 0.3) is 0 Å². The quantitative estimate of drug-likeness (QED) is 0.672. The van der Waals surface area contributed by atoms with Crippen molar-refractivity contribution in [1.82, 2.24) is 10.6 Å². The minimum absolute atomic E-state index is 0.0117. The van der Waals surface area contributed by atoms with Crippen LogP contribution in [0.1, 0.15) is 58.8 Å². The number of urea groups is 1. The minimum atomic E-state index is -0.870. The molecular weight excluding hydrogens is 256 g/mol. The fraction of sp³-hybridized carbons (Fsp3) is 0.867. The molecular formula is C15H28N2O3. The Hall–Kier alpha value is -1.26. The van der Waals surface area contributed by atoms with E-state index in [1.165, 1.54) is 25.7 Å². The van der Waals surface area contributed by atoms with Crippen LogP contribution in [-0.4, -0.2) is 29.7 Å². The van der Waals surface area contributed by atoms with Gasteiger partial charge in [0.25, 0.3) is 0 Å². The summed E-state index contributed by atoms with van der Waals surface area (Å²) in [4.78, 5) is 22.5. The number of carboxylic acids is 1. The number of nitrogens with one attached hydrogen (secondary N) is 2. The average Bonchev–Trinajstić information content (AvgIpc) is 2.37. The van der Waals surface area contributed by atoms with Gasteiger partial charge in [0.05, 0.1) is 6.42 Å². The summed E-state index contributed by atoms with van der Waals surface area (Å²) in [5.41, 5.74) is 0. The van der Waals surface area contributed by atoms with Gasteiger partial charge in [0, 0.05) is 12.6 Å². The molecule has 2 amide bonds. The predicted octanol–water partition coefficient (Wildman–Crippen LogP) is 2.76. The summed E-state index contributed by atoms with van der Waals surface area (Å²) in [6.45, 7) is 4.96. The van der Waals surface area contributed by atoms with E-state index in [0.717, 1.165) is 12.3 Å². The van der Waals surface area contributed by atoms with Crippen molar-refractivity contribution in [1.29, 1.82) is 0 Å². The first-order valence-electron chi connectivity index (χ1n) is 7.77. The lowest BCUT2D eigenvalue weighted by molar-refractivity contribution is -0.137. The number of hydrogen-bond donors (Lipinski definition) is 3. The maximum absolute atomic E-state index is 11.8. The van der Waals surface area contributed by atoms with Crippen LogP contribution < -0.4 is 10.6 Å². The molecule has 1 fully saturated rings. The summed E-state index contributed by atoms with van der Waals surface area (Å²) in [5, 5.41) is 14.5. The largest absolute Gasteiger partial charge is 0.481 e. The van der Waals surface area contributed by atoms with Crippen LogP contribution in [0.4, 0.5) is 4.79 Å². The van der Waals surface area contributed by atoms with Crippen molar-refractivity contribution in [3.05, 3.63) is 0 Å². The van der Waals surface area contributed by atoms with E-state index in [1.54, 1.807) is 0 Å². The molecule has 5 heteroatoms. The highest BCUT2D eigenvalue weighted by atomic mass is 16.4. The fourth-order valence-corrected chi connectivity index (χ4v) is 2.79. The summed E-state index contributed by atoms with van der Waals surface area (Å²) in [6, 6.07) is -0.507. The van der Waals surface area contributed by atoms with Crippen LogP contribution in [0.3, 0.4) is 0 Å². The molecule has 5 nitrogen and oxygen atoms in total. The van der Waals surface area contributed by atoms with Crippen molar-refractivity contribution in [2.75, 3.05) is 6.54 Å². The summed E-state index contributed by atoms with van der Waals surface area (Å²) >= 11 is 0. The number of amides is 2. The SMILES string of the molecule is CCCC(CC(=O)O)NC(=O)NCC1CCC(C)CC1. The molecule has 0 aromatic carbocycles. The highest BCUT2D eigenvalue weighted by Crippen LogP contribution is 2.27. The van der Waals surface area contributed by atoms with Crippen LogP contribution in [0.15, 0.2) is 0 Å². The molecule has 1 rings (SSSR count). The second-order valence-electron chi connectivity index (χ2n) is 6.06. The van der Waals surface area contributed by atoms with Crippen molar-refractivity contribution in [2.24, 2.45) is 11.8 Å². The van der Waals surface area contributed by atoms with Crippen molar-refractivity contribution in [3.63, 3.8) is 0 Å². The van der Waals surface area contributed by atoms with E-state index in [-0.39, 0.29) is 18.5 Å². The summed E-state index contributed by atoms with van der Waals surface area (Å²) in [7, 11) is 0. The standard InChI is InChI=1S/C15H28N2O3/c1-3-4-13(9-14(18)19)17-15(20)16-10-12-7-5-11(2)6-8-12/h11-13H,3-10H2,1-2H3,(H,18,19)(H2,16,17,20). The van der Waals surface area contributed by atoms with E-state index >= 15 is 0 Å². The van der Waals surface area contributed by atoms with E-state index < -0.39 is 5.97 Å². The van der Waals surface area contributed by atoms with Crippen molar-refractivity contribution >= 4 is 12.0 Å². The van der Waals surface area contributed by atoms with Gasteiger partial charge in [-0.1, -0.05) is 33.1 Å². The van der Waals surface area contributed by atoms with Crippen LogP contribution in [0.2, 0.25) is 0 Å². The monoisotopic (exact) mass is 284 g/mol. The second kappa shape index (κ2) is 8.82. The molecule has 20 heavy (non-hydrogen) atoms. The van der Waals surface area contributed by atoms with Gasteiger partial charge in [-0.15, -0.1) is 0 Å². The normalized spacial score (nSPS) is 23.9. The number of carbonyl (C=O) groups is 2. The van der Waals surface area contributed by atoms with Crippen LogP contribution in [0, 0.1) is 11.8 Å². The molecule has 0 heterocycles. The van der Waals surface area contributed by atoms with E-state index in [4.69, 9.17) is 5.11 Å². The van der Waals surface area contributed by atoms with Crippen molar-refractivity contribution in [3.8, 4) is 0 Å². The van der Waals surface area contributed by atoms with Crippen molar-refractivity contribution < 1.29 is 14.7 Å². The zero-order chi connectivity index (χ0) is 15.0. The number of aliphatic carboxylic acids is 1. The Kier molecular flexibility index (Phi) is 7.41. The van der Waals surface area contributed by atoms with Gasteiger partial charge in [0.1, 0.15) is 0 Å². The molecule has 0 radical (unpaired) electrons. The van der Waals surface area contributed by atoms with Crippen LogP contribution >= 0.6 is 0 Å². The first-order valence-corrected chi connectivity index (χ1v) is 7.77. The third kappa shape index (κ3) is 6.78. The summed E-state index contributed by atoms with van der Waals surface area (Å²) in [6.07, 6.45) is 6.38. The molecule has 3 N–H and O–H groups in total. The molecule has 0 spiro atoms. The van der Waals surface area contributed by atoms with E-state index in [0.29, 0.717) is 18.9 Å². The first kappa shape index (κ1) is 16.8. The molecule has 1 aliphatic rings. The van der Waals surface area contributed by atoms with Gasteiger partial charge in [-0.2, -0.15) is 0 Å². The van der Waals surface area contributed by atoms with E-state index in [1.807, 2.05) is 6.92 Å². The third-order valence-corrected chi connectivity index (χ3v) is 4.08. The van der Waals surface area contributed by atoms with Crippen LogP contribution in [0.5, 0.6) is 0 Å². The topological polar surface area (TPSA) is 78.4 Å². The molecule has 1 aliphatic carbocycles. The molecule has 1 unspecified atom stereocenters. The van der Waals surface area contributed by atoms with Gasteiger partial charge in [-0.05, 0) is 31.1 Å². The third-order valence-electron chi connectivity index (χ3n) is 4.08. The maximum atomic E-state index is 11.8. The maximum Gasteiger partial charge on any atom is 0.315 e. The Morgan fingerprint density at radius 1 is 1.25 bits per heavy atom. The number of hydrogen-bond acceptors (Lipinski definition) is 2. The van der Waals surface area contributed by atoms with E-state index in [2.05, 4.69) is 17.6 Å². The molecule has 0 aromatic heterocycles. The van der Waals surface area contributed by atoms with Gasteiger partial charge >= 0.3 is 12.0 Å². The smallest absolute Gasteiger partial charge is 0.315 e. The molecule has 116 valence electrons. The highest BCUT2D eigenvalue weighted by Gasteiger charge is 2.19. The molecule has 1 atom stereocenters. The van der Waals surface area contributed by atoms with Gasteiger partial charge in [-0.3, -0.25) is 4.79 Å². The summed E-state index contributed by atoms with van der Waals surface area (Å²) in [5.74, 6) is 0.510. The van der Waals surface area contributed by atoms with E-state index in [9.17, 15) is 9.59 Å². The lowest BCUT2D eigenvalue weighted by atomic mass is 9.83. The molecule has 0 bridgehead atoms. The lowest BCUT2D eigenvalue weighted by Crippen LogP contribution is -2.44. The minimum Gasteiger partial charge on any atom is -0.481 e. The fourth-order valence-electron chi connectivity index (χ4n) is 2.79. The lowest BCUT2D eigenvalue weighted by Gasteiger charge is -2.26. The van der Waals surface area contributed by atoms with Gasteiger partial charge in [0.2, 0.25) is 0 Å². The number of carbonyl (C=O) groups excluding carboxylic acids is 1. The van der Waals surface area contributed by atoms with Gasteiger partial charge in [-0.25, -0.2) is 4.79 Å². The predicted molar refractivity (Wildman–Crippen MR) is 78.6 cm³/mol. The van der Waals surface area contributed by atoms with Gasteiger partial charge < -0.3 is 15.7 Å². The number of rotatable bonds is 7. The Morgan fingerprint density at radius 2 is 1.90 bits per heavy atom. The molecule has 0 aromatic rings. The Morgan fingerprint density at radius 3 is 2.45 bits per heavy atom. The van der Waals surface area contributed by atoms with Crippen LogP contribution in [-0.2, 0) is 4.79 Å². The Bertz CT molecular complexity index is 312. The van der Waals surface area contributed by atoms with Gasteiger partial charge in [0.15, 0.2) is 0 Å².